The van der Waals surface area contributed by atoms with E-state index in [1.165, 1.54) is 6.20 Å². The van der Waals surface area contributed by atoms with Crippen LogP contribution in [0.2, 0.25) is 5.02 Å². The van der Waals surface area contributed by atoms with Crippen LogP contribution in [-0.4, -0.2) is 22.0 Å². The number of anilines is 2. The average Bonchev–Trinajstić information content (AvgIpc) is 2.61. The van der Waals surface area contributed by atoms with Gasteiger partial charge in [0.15, 0.2) is 0 Å². The van der Waals surface area contributed by atoms with E-state index >= 15 is 0 Å². The number of fused-ring (bicyclic) bond motifs is 1. The number of aromatic amines is 1. The third kappa shape index (κ3) is 3.39. The van der Waals surface area contributed by atoms with Gasteiger partial charge >= 0.3 is 0 Å². The molecule has 0 saturated carbocycles. The second-order valence-corrected chi connectivity index (χ2v) is 5.91. The highest BCUT2D eigenvalue weighted by molar-refractivity contribution is 6.31. The second-order valence-electron chi connectivity index (χ2n) is 5.47. The minimum absolute atomic E-state index is 0.197. The van der Waals surface area contributed by atoms with Gasteiger partial charge in [-0.3, -0.25) is 4.79 Å². The molecule has 2 aromatic heterocycles. The molecule has 0 fully saturated rings. The number of halogens is 1. The Bertz CT molecular complexity index is 1040. The van der Waals surface area contributed by atoms with Crippen molar-refractivity contribution in [2.45, 2.75) is 13.0 Å². The van der Waals surface area contributed by atoms with Gasteiger partial charge < -0.3 is 15.6 Å². The van der Waals surface area contributed by atoms with Crippen LogP contribution >= 0.6 is 11.6 Å². The summed E-state index contributed by atoms with van der Waals surface area (Å²) in [6.07, 6.45) is 1.43. The van der Waals surface area contributed by atoms with Crippen molar-refractivity contribution >= 4 is 34.3 Å². The topological polar surface area (TPSA) is 106 Å². The summed E-state index contributed by atoms with van der Waals surface area (Å²) in [6.45, 7) is 1.83. The number of nitriles is 1. The number of hydrogen-bond acceptors (Lipinski definition) is 6. The maximum atomic E-state index is 12.3. The zero-order chi connectivity index (χ0) is 18.0. The van der Waals surface area contributed by atoms with Gasteiger partial charge in [0.05, 0.1) is 12.2 Å². The Morgan fingerprint density at radius 2 is 2.16 bits per heavy atom. The Morgan fingerprint density at radius 3 is 2.88 bits per heavy atom. The summed E-state index contributed by atoms with van der Waals surface area (Å²) < 4.78 is 0. The highest BCUT2D eigenvalue weighted by Crippen LogP contribution is 2.21. The Labute approximate surface area is 148 Å². The van der Waals surface area contributed by atoms with Crippen molar-refractivity contribution in [1.29, 1.82) is 5.26 Å². The molecular weight excluding hydrogens is 340 g/mol. The van der Waals surface area contributed by atoms with Gasteiger partial charge in [0.1, 0.15) is 17.5 Å². The summed E-state index contributed by atoms with van der Waals surface area (Å²) in [4.78, 5) is 23.5. The predicted molar refractivity (Wildman–Crippen MR) is 97.9 cm³/mol. The lowest BCUT2D eigenvalue weighted by Gasteiger charge is -2.15. The summed E-state index contributed by atoms with van der Waals surface area (Å²) in [5.41, 5.74) is 1.40. The first-order valence-corrected chi connectivity index (χ1v) is 7.93. The van der Waals surface area contributed by atoms with E-state index in [1.54, 1.807) is 31.3 Å². The SMILES string of the molecule is CNc1nc(NC(C)c2cc3cc(Cl)ccc3[nH]c2=O)ncc1C#N. The average molecular weight is 355 g/mol. The van der Waals surface area contributed by atoms with Crippen molar-refractivity contribution in [3.8, 4) is 6.07 Å². The number of benzene rings is 1. The molecule has 1 atom stereocenters. The van der Waals surface area contributed by atoms with E-state index in [0.717, 1.165) is 10.9 Å². The number of pyridine rings is 1. The van der Waals surface area contributed by atoms with Gasteiger partial charge in [0.25, 0.3) is 5.56 Å². The Balaban J connectivity index is 1.94. The fourth-order valence-electron chi connectivity index (χ4n) is 2.51. The third-order valence-corrected chi connectivity index (χ3v) is 4.03. The largest absolute Gasteiger partial charge is 0.372 e. The number of H-pyrrole nitrogens is 1. The van der Waals surface area contributed by atoms with E-state index in [0.29, 0.717) is 27.9 Å². The molecule has 126 valence electrons. The summed E-state index contributed by atoms with van der Waals surface area (Å²) in [5, 5.41) is 16.4. The maximum absolute atomic E-state index is 12.3. The zero-order valence-electron chi connectivity index (χ0n) is 13.6. The van der Waals surface area contributed by atoms with E-state index < -0.39 is 0 Å². The van der Waals surface area contributed by atoms with Crippen molar-refractivity contribution in [3.05, 3.63) is 57.0 Å². The molecule has 0 radical (unpaired) electrons. The molecular formula is C17H15ClN6O. The maximum Gasteiger partial charge on any atom is 0.253 e. The summed E-state index contributed by atoms with van der Waals surface area (Å²) >= 11 is 6.02. The molecule has 0 spiro atoms. The van der Waals surface area contributed by atoms with E-state index in [4.69, 9.17) is 16.9 Å². The van der Waals surface area contributed by atoms with Gasteiger partial charge in [-0.1, -0.05) is 11.6 Å². The molecule has 1 aromatic carbocycles. The van der Waals surface area contributed by atoms with E-state index in [2.05, 4.69) is 25.6 Å². The third-order valence-electron chi connectivity index (χ3n) is 3.79. The quantitative estimate of drug-likeness (QED) is 0.664. The van der Waals surface area contributed by atoms with Gasteiger partial charge in [-0.25, -0.2) is 4.98 Å². The first-order valence-electron chi connectivity index (χ1n) is 7.55. The van der Waals surface area contributed by atoms with Crippen molar-refractivity contribution in [1.82, 2.24) is 15.0 Å². The van der Waals surface area contributed by atoms with Crippen LogP contribution in [0.25, 0.3) is 10.9 Å². The molecule has 8 heteroatoms. The van der Waals surface area contributed by atoms with Crippen LogP contribution in [0.3, 0.4) is 0 Å². The van der Waals surface area contributed by atoms with Crippen LogP contribution in [-0.2, 0) is 0 Å². The smallest absolute Gasteiger partial charge is 0.253 e. The molecule has 7 nitrogen and oxygen atoms in total. The predicted octanol–water partition coefficient (Wildman–Crippen LogP) is 3.06. The first kappa shape index (κ1) is 16.7. The fourth-order valence-corrected chi connectivity index (χ4v) is 2.69. The second kappa shape index (κ2) is 6.79. The highest BCUT2D eigenvalue weighted by Gasteiger charge is 2.14. The van der Waals surface area contributed by atoms with Crippen molar-refractivity contribution in [3.63, 3.8) is 0 Å². The molecule has 3 N–H and O–H groups in total. The Kier molecular flexibility index (Phi) is 4.55. The molecule has 0 aliphatic rings. The van der Waals surface area contributed by atoms with Gasteiger partial charge in [0.2, 0.25) is 5.95 Å². The highest BCUT2D eigenvalue weighted by atomic mass is 35.5. The normalized spacial score (nSPS) is 11.8. The number of nitrogens with one attached hydrogen (secondary N) is 3. The van der Waals surface area contributed by atoms with Crippen molar-refractivity contribution in [2.75, 3.05) is 17.7 Å². The fraction of sp³-hybridized carbons (Fsp3) is 0.176. The molecule has 3 aromatic rings. The van der Waals surface area contributed by atoms with Gasteiger partial charge in [-0.15, -0.1) is 0 Å². The summed E-state index contributed by atoms with van der Waals surface area (Å²) in [6, 6.07) is 8.75. The summed E-state index contributed by atoms with van der Waals surface area (Å²) in [5.74, 6) is 0.743. The monoisotopic (exact) mass is 354 g/mol. The molecule has 0 bridgehead atoms. The Hall–Kier alpha value is -3.11. The van der Waals surface area contributed by atoms with Crippen LogP contribution in [0.15, 0.2) is 35.3 Å². The van der Waals surface area contributed by atoms with Crippen LogP contribution < -0.4 is 16.2 Å². The Morgan fingerprint density at radius 1 is 1.36 bits per heavy atom. The van der Waals surface area contributed by atoms with Crippen molar-refractivity contribution < 1.29 is 0 Å². The number of rotatable bonds is 4. The molecule has 25 heavy (non-hydrogen) atoms. The standard InChI is InChI=1S/C17H15ClN6O/c1-9(22-17-21-8-11(7-19)15(20-2)24-17)13-6-10-5-12(18)3-4-14(10)23-16(13)25/h3-6,8-9H,1-2H3,(H,23,25)(H2,20,21,22,24). The van der Waals surface area contributed by atoms with Gasteiger partial charge in [-0.2, -0.15) is 10.2 Å². The zero-order valence-corrected chi connectivity index (χ0v) is 14.3. The molecule has 0 aliphatic carbocycles. The first-order chi connectivity index (χ1) is 12.0. The lowest BCUT2D eigenvalue weighted by molar-refractivity contribution is 0.845. The lowest BCUT2D eigenvalue weighted by atomic mass is 10.1. The molecule has 2 heterocycles. The van der Waals surface area contributed by atoms with E-state index in [9.17, 15) is 4.79 Å². The number of nitrogens with zero attached hydrogens (tertiary/aromatic N) is 3. The van der Waals surface area contributed by atoms with Gasteiger partial charge in [0, 0.05) is 28.5 Å². The number of aromatic nitrogens is 3. The van der Waals surface area contributed by atoms with Crippen LogP contribution in [0.1, 0.15) is 24.1 Å². The lowest BCUT2D eigenvalue weighted by Crippen LogP contribution is -2.20. The van der Waals surface area contributed by atoms with Gasteiger partial charge in [-0.05, 0) is 31.2 Å². The minimum Gasteiger partial charge on any atom is -0.372 e. The molecule has 0 amide bonds. The number of hydrogen-bond donors (Lipinski definition) is 3. The summed E-state index contributed by atoms with van der Waals surface area (Å²) in [7, 11) is 1.67. The van der Waals surface area contributed by atoms with Crippen molar-refractivity contribution in [2.24, 2.45) is 0 Å². The van der Waals surface area contributed by atoms with E-state index in [1.807, 2.05) is 13.0 Å². The van der Waals surface area contributed by atoms with Crippen LogP contribution in [0, 0.1) is 11.3 Å². The molecule has 0 saturated heterocycles. The van der Waals surface area contributed by atoms with E-state index in [-0.39, 0.29) is 11.6 Å². The minimum atomic E-state index is -0.343. The molecule has 3 rings (SSSR count). The van der Waals surface area contributed by atoms with Crippen LogP contribution in [0.5, 0.6) is 0 Å². The molecule has 0 aliphatic heterocycles. The molecule has 1 unspecified atom stereocenters. The van der Waals surface area contributed by atoms with Crippen LogP contribution in [0.4, 0.5) is 11.8 Å².